The van der Waals surface area contributed by atoms with Crippen molar-refractivity contribution < 1.29 is 4.57 Å². The Morgan fingerprint density at radius 2 is 1.06 bits per heavy atom. The molecule has 234 valence electrons. The third-order valence-corrected chi connectivity index (χ3v) is 17.9. The molecule has 0 fully saturated rings. The van der Waals surface area contributed by atoms with Crippen LogP contribution in [0.5, 0.6) is 0 Å². The maximum absolute atomic E-state index is 15.8. The Hall–Kier alpha value is -5.21. The van der Waals surface area contributed by atoms with E-state index in [0.29, 0.717) is 0 Å². The minimum Gasteiger partial charge on any atom is -0.309 e. The van der Waals surface area contributed by atoms with Crippen LogP contribution in [0, 0.1) is 0 Å². The molecule has 2 nitrogen and oxygen atoms in total. The van der Waals surface area contributed by atoms with Crippen LogP contribution in [0.2, 0.25) is 13.1 Å². The molecule has 0 bridgehead atoms. The summed E-state index contributed by atoms with van der Waals surface area (Å²) in [4.78, 5) is 0. The number of hydrogen-bond donors (Lipinski definition) is 0. The van der Waals surface area contributed by atoms with Gasteiger partial charge in [0.15, 0.2) is 7.14 Å². The van der Waals surface area contributed by atoms with Crippen LogP contribution >= 0.6 is 7.14 Å². The van der Waals surface area contributed by atoms with Crippen LogP contribution < -0.4 is 26.3 Å². The summed E-state index contributed by atoms with van der Waals surface area (Å²) >= 11 is 0. The summed E-state index contributed by atoms with van der Waals surface area (Å²) in [7, 11) is -5.49. The fraction of sp³-hybridized carbons (Fsp3) is 0.0667. The Labute approximate surface area is 287 Å². The topological polar surface area (TPSA) is 22.0 Å². The Bertz CT molecular complexity index is 2630. The van der Waals surface area contributed by atoms with Gasteiger partial charge in [0.1, 0.15) is 8.07 Å². The van der Waals surface area contributed by atoms with Gasteiger partial charge in [-0.2, -0.15) is 0 Å². The highest BCUT2D eigenvalue weighted by Crippen LogP contribution is 2.55. The number of benzene rings is 7. The third-order valence-electron chi connectivity index (χ3n) is 11.3. The van der Waals surface area contributed by atoms with Gasteiger partial charge in [0.05, 0.1) is 22.1 Å². The van der Waals surface area contributed by atoms with Crippen molar-refractivity contribution in [3.8, 4) is 5.69 Å². The van der Waals surface area contributed by atoms with Gasteiger partial charge in [-0.15, -0.1) is 0 Å². The van der Waals surface area contributed by atoms with Crippen LogP contribution in [0.3, 0.4) is 0 Å². The van der Waals surface area contributed by atoms with Crippen molar-refractivity contribution in [2.75, 3.05) is 0 Å². The first kappa shape index (κ1) is 28.8. The summed E-state index contributed by atoms with van der Waals surface area (Å²) in [6.45, 7) is 4.95. The van der Waals surface area contributed by atoms with Crippen molar-refractivity contribution in [1.82, 2.24) is 4.57 Å². The van der Waals surface area contributed by atoms with Crippen molar-refractivity contribution in [3.05, 3.63) is 192 Å². The maximum atomic E-state index is 15.8. The molecule has 4 heteroatoms. The highest BCUT2D eigenvalue weighted by molar-refractivity contribution is 7.85. The van der Waals surface area contributed by atoms with E-state index >= 15 is 4.57 Å². The Morgan fingerprint density at radius 1 is 0.490 bits per heavy atom. The van der Waals surface area contributed by atoms with Crippen LogP contribution in [0.1, 0.15) is 22.3 Å². The second-order valence-electron chi connectivity index (χ2n) is 14.0. The molecule has 0 saturated carbocycles. The van der Waals surface area contributed by atoms with Crippen molar-refractivity contribution in [1.29, 1.82) is 0 Å². The quantitative estimate of drug-likeness (QED) is 0.138. The zero-order valence-electron chi connectivity index (χ0n) is 27.5. The van der Waals surface area contributed by atoms with Crippen LogP contribution in [0.25, 0.3) is 27.5 Å². The van der Waals surface area contributed by atoms with E-state index in [0.717, 1.165) is 15.9 Å². The van der Waals surface area contributed by atoms with Gasteiger partial charge in [-0.25, -0.2) is 0 Å². The fourth-order valence-corrected chi connectivity index (χ4v) is 15.2. The SMILES string of the molecule is C[Si]1(C)c2ccccc2C2(c3ccccc3-n3c4ccccc4c4cccc2c43)c2ccc(P(=O)(c3ccccc3)c3ccccc3)cc21. The molecule has 1 atom stereocenters. The molecule has 0 saturated heterocycles. The molecular weight excluding hydrogens is 630 g/mol. The van der Waals surface area contributed by atoms with Gasteiger partial charge in [-0.3, -0.25) is 0 Å². The zero-order chi connectivity index (χ0) is 33.0. The normalized spacial score (nSPS) is 17.1. The summed E-state index contributed by atoms with van der Waals surface area (Å²) in [5.41, 5.74) is 8.46. The standard InChI is InChI=1S/C45H34NOPSi/c1-49(2)42-27-14-11-23-37(42)45(36-22-10-13-26-41(36)46-40-25-12-9-20-34(40)35-21-15-24-39(45)44(35)46)38-29-28-33(30-43(38)49)48(47,31-16-5-3-6-17-31)32-18-7-4-8-19-32/h3-30H,1-2H3. The summed E-state index contributed by atoms with van der Waals surface area (Å²) < 4.78 is 18.2. The lowest BCUT2D eigenvalue weighted by Crippen LogP contribution is -2.64. The average molecular weight is 664 g/mol. The van der Waals surface area contributed by atoms with Crippen LogP contribution in [0.4, 0.5) is 0 Å². The molecule has 0 radical (unpaired) electrons. The van der Waals surface area contributed by atoms with Gasteiger partial charge < -0.3 is 9.13 Å². The lowest BCUT2D eigenvalue weighted by atomic mass is 9.62. The van der Waals surface area contributed by atoms with E-state index in [9.17, 15) is 0 Å². The monoisotopic (exact) mass is 663 g/mol. The molecule has 3 heterocycles. The van der Waals surface area contributed by atoms with Crippen LogP contribution in [0.15, 0.2) is 170 Å². The maximum Gasteiger partial charge on any atom is 0.171 e. The molecular formula is C45H34NOPSi. The fourth-order valence-electron chi connectivity index (χ4n) is 9.22. The third kappa shape index (κ3) is 3.59. The summed E-state index contributed by atoms with van der Waals surface area (Å²) in [5.74, 6) is 0. The molecule has 0 amide bonds. The Kier molecular flexibility index (Phi) is 5.96. The van der Waals surface area contributed by atoms with Crippen molar-refractivity contribution in [3.63, 3.8) is 0 Å². The molecule has 8 aromatic rings. The first-order valence-electron chi connectivity index (χ1n) is 17.1. The summed E-state index contributed by atoms with van der Waals surface area (Å²) in [6.07, 6.45) is 0. The van der Waals surface area contributed by atoms with E-state index in [1.54, 1.807) is 0 Å². The summed E-state index contributed by atoms with van der Waals surface area (Å²) in [6, 6.07) is 61.0. The number of aromatic nitrogens is 1. The van der Waals surface area contributed by atoms with Gasteiger partial charge in [-0.05, 0) is 44.8 Å². The van der Waals surface area contributed by atoms with Gasteiger partial charge in [-0.1, -0.05) is 171 Å². The molecule has 2 aliphatic rings. The number of nitrogens with zero attached hydrogens (tertiary/aromatic N) is 1. The van der Waals surface area contributed by atoms with Crippen LogP contribution in [-0.4, -0.2) is 12.6 Å². The number of rotatable bonds is 3. The number of fused-ring (bicyclic) bond motifs is 11. The van der Waals surface area contributed by atoms with E-state index in [-0.39, 0.29) is 0 Å². The van der Waals surface area contributed by atoms with Crippen LogP contribution in [-0.2, 0) is 9.98 Å². The zero-order valence-corrected chi connectivity index (χ0v) is 29.4. The van der Waals surface area contributed by atoms with Gasteiger partial charge >= 0.3 is 0 Å². The van der Waals surface area contributed by atoms with E-state index in [1.807, 2.05) is 60.7 Å². The molecule has 7 aromatic carbocycles. The molecule has 1 aromatic heterocycles. The van der Waals surface area contributed by atoms with Gasteiger partial charge in [0, 0.05) is 26.7 Å². The van der Waals surface area contributed by atoms with Crippen molar-refractivity contribution in [2.45, 2.75) is 18.5 Å². The van der Waals surface area contributed by atoms with E-state index in [2.05, 4.69) is 127 Å². The molecule has 0 N–H and O–H groups in total. The second-order valence-corrected chi connectivity index (χ2v) is 21.1. The molecule has 10 rings (SSSR count). The second kappa shape index (κ2) is 10.2. The predicted octanol–water partition coefficient (Wildman–Crippen LogP) is 8.26. The minimum atomic E-state index is -3.18. The van der Waals surface area contributed by atoms with E-state index in [1.165, 1.54) is 60.1 Å². The van der Waals surface area contributed by atoms with Gasteiger partial charge in [0.25, 0.3) is 0 Å². The number of hydrogen-bond acceptors (Lipinski definition) is 1. The lowest BCUT2D eigenvalue weighted by molar-refractivity contribution is 0.592. The smallest absolute Gasteiger partial charge is 0.171 e. The Balaban J connectivity index is 1.37. The van der Waals surface area contributed by atoms with Crippen molar-refractivity contribution >= 4 is 63.3 Å². The summed E-state index contributed by atoms with van der Waals surface area (Å²) in [5, 5.41) is 7.96. The average Bonchev–Trinajstić information content (AvgIpc) is 3.51. The Morgan fingerprint density at radius 3 is 1.82 bits per heavy atom. The molecule has 1 unspecified atom stereocenters. The highest BCUT2D eigenvalue weighted by atomic mass is 31.2. The largest absolute Gasteiger partial charge is 0.309 e. The van der Waals surface area contributed by atoms with Gasteiger partial charge in [0.2, 0.25) is 0 Å². The van der Waals surface area contributed by atoms with E-state index < -0.39 is 20.6 Å². The molecule has 1 spiro atoms. The predicted molar refractivity (Wildman–Crippen MR) is 209 cm³/mol. The first-order chi connectivity index (χ1) is 24.0. The van der Waals surface area contributed by atoms with Crippen molar-refractivity contribution in [2.24, 2.45) is 0 Å². The number of para-hydroxylation sites is 3. The van der Waals surface area contributed by atoms with E-state index in [4.69, 9.17) is 0 Å². The minimum absolute atomic E-state index is 0.545. The molecule has 49 heavy (non-hydrogen) atoms. The first-order valence-corrected chi connectivity index (χ1v) is 21.8. The molecule has 2 aliphatic heterocycles. The lowest BCUT2D eigenvalue weighted by Gasteiger charge is -2.49. The highest BCUT2D eigenvalue weighted by Gasteiger charge is 2.53. The molecule has 0 aliphatic carbocycles.